The SMILES string of the molecule is COc1ccc(NC(=O)CCNS(=O)(=O)c2ccc(OC)c(N(C)S(=O)(=O)c3ccc(Cl)cc3)c2)cc1. The van der Waals surface area contributed by atoms with Crippen LogP contribution in [0.1, 0.15) is 6.42 Å². The molecule has 0 aliphatic carbocycles. The molecule has 3 aromatic rings. The number of benzene rings is 3. The first-order chi connectivity index (χ1) is 17.5. The average molecular weight is 568 g/mol. The summed E-state index contributed by atoms with van der Waals surface area (Å²) in [4.78, 5) is 12.0. The number of carbonyl (C=O) groups is 1. The monoisotopic (exact) mass is 567 g/mol. The first-order valence-electron chi connectivity index (χ1n) is 10.8. The number of hydrogen-bond donors (Lipinski definition) is 2. The normalized spacial score (nSPS) is 11.6. The van der Waals surface area contributed by atoms with Gasteiger partial charge in [-0.1, -0.05) is 11.6 Å². The number of carbonyl (C=O) groups excluding carboxylic acids is 1. The van der Waals surface area contributed by atoms with Crippen LogP contribution in [0.5, 0.6) is 11.5 Å². The predicted molar refractivity (Wildman–Crippen MR) is 141 cm³/mol. The summed E-state index contributed by atoms with van der Waals surface area (Å²) in [6.45, 7) is -0.176. The standard InChI is InChI=1S/C24H26ClN3O7S2/c1-28(37(32,33)20-10-4-17(25)5-11-20)22-16-21(12-13-23(22)35-3)36(30,31)26-15-14-24(29)27-18-6-8-19(34-2)9-7-18/h4-13,16,26H,14-15H2,1-3H3,(H,27,29). The topological polar surface area (TPSA) is 131 Å². The lowest BCUT2D eigenvalue weighted by Crippen LogP contribution is -2.29. The van der Waals surface area contributed by atoms with Crippen LogP contribution < -0.4 is 23.8 Å². The molecule has 0 saturated heterocycles. The van der Waals surface area contributed by atoms with Crippen LogP contribution in [0.15, 0.2) is 76.5 Å². The highest BCUT2D eigenvalue weighted by Gasteiger charge is 2.26. The summed E-state index contributed by atoms with van der Waals surface area (Å²) in [5.74, 6) is 0.395. The molecule has 0 bridgehead atoms. The molecule has 0 aromatic heterocycles. The van der Waals surface area contributed by atoms with Crippen LogP contribution in [0.3, 0.4) is 0 Å². The molecule has 13 heteroatoms. The summed E-state index contributed by atoms with van der Waals surface area (Å²) in [5.41, 5.74) is 0.552. The lowest BCUT2D eigenvalue weighted by atomic mass is 10.3. The summed E-state index contributed by atoms with van der Waals surface area (Å²) < 4.78 is 65.6. The molecule has 0 heterocycles. The number of halogens is 1. The van der Waals surface area contributed by atoms with E-state index in [9.17, 15) is 21.6 Å². The molecule has 10 nitrogen and oxygen atoms in total. The molecule has 0 saturated carbocycles. The Morgan fingerprint density at radius 1 is 0.892 bits per heavy atom. The Morgan fingerprint density at radius 2 is 1.51 bits per heavy atom. The third-order valence-electron chi connectivity index (χ3n) is 5.29. The van der Waals surface area contributed by atoms with Crippen LogP contribution >= 0.6 is 11.6 Å². The van der Waals surface area contributed by atoms with Crippen molar-refractivity contribution in [2.24, 2.45) is 0 Å². The average Bonchev–Trinajstić information content (AvgIpc) is 2.88. The summed E-state index contributed by atoms with van der Waals surface area (Å²) >= 11 is 5.86. The van der Waals surface area contributed by atoms with Crippen molar-refractivity contribution in [1.82, 2.24) is 4.72 Å². The van der Waals surface area contributed by atoms with E-state index in [-0.39, 0.29) is 34.2 Å². The third kappa shape index (κ3) is 6.92. The highest BCUT2D eigenvalue weighted by atomic mass is 35.5. The molecule has 198 valence electrons. The molecule has 0 radical (unpaired) electrons. The van der Waals surface area contributed by atoms with Gasteiger partial charge in [0.25, 0.3) is 10.0 Å². The maximum Gasteiger partial charge on any atom is 0.264 e. The first kappa shape index (κ1) is 28.3. The smallest absolute Gasteiger partial charge is 0.264 e. The molecule has 0 unspecified atom stereocenters. The molecule has 0 atom stereocenters. The van der Waals surface area contributed by atoms with E-state index < -0.39 is 26.0 Å². The fraction of sp³-hybridized carbons (Fsp3) is 0.208. The van der Waals surface area contributed by atoms with Crippen molar-refractivity contribution in [2.45, 2.75) is 16.2 Å². The van der Waals surface area contributed by atoms with Crippen molar-refractivity contribution < 1.29 is 31.1 Å². The molecule has 0 aliphatic rings. The van der Waals surface area contributed by atoms with Crippen LogP contribution in [0.25, 0.3) is 0 Å². The number of hydrogen-bond acceptors (Lipinski definition) is 7. The number of rotatable bonds is 11. The van der Waals surface area contributed by atoms with Crippen molar-refractivity contribution in [2.75, 3.05) is 37.4 Å². The molecule has 37 heavy (non-hydrogen) atoms. The second-order valence-electron chi connectivity index (χ2n) is 7.68. The molecular weight excluding hydrogens is 542 g/mol. The van der Waals surface area contributed by atoms with Crippen LogP contribution in [-0.2, 0) is 24.8 Å². The number of amides is 1. The summed E-state index contributed by atoms with van der Waals surface area (Å²) in [6, 6.07) is 16.1. The molecule has 0 fully saturated rings. The van der Waals surface area contributed by atoms with Crippen LogP contribution in [-0.4, -0.2) is 50.6 Å². The van der Waals surface area contributed by atoms with Gasteiger partial charge in [0.15, 0.2) is 0 Å². The van der Waals surface area contributed by atoms with E-state index in [0.717, 1.165) is 4.31 Å². The van der Waals surface area contributed by atoms with Gasteiger partial charge in [-0.3, -0.25) is 9.10 Å². The molecule has 1 amide bonds. The Bertz CT molecular complexity index is 1460. The van der Waals surface area contributed by atoms with E-state index in [2.05, 4.69) is 10.0 Å². The third-order valence-corrected chi connectivity index (χ3v) is 8.79. The summed E-state index contributed by atoms with van der Waals surface area (Å²) in [5, 5.41) is 3.04. The number of anilines is 2. The number of sulfonamides is 2. The molecule has 0 aliphatic heterocycles. The van der Waals surface area contributed by atoms with Gasteiger partial charge in [-0.25, -0.2) is 21.6 Å². The highest BCUT2D eigenvalue weighted by molar-refractivity contribution is 7.92. The molecule has 2 N–H and O–H groups in total. The number of ether oxygens (including phenoxy) is 2. The van der Waals surface area contributed by atoms with E-state index >= 15 is 0 Å². The van der Waals surface area contributed by atoms with Gasteiger partial charge >= 0.3 is 0 Å². The van der Waals surface area contributed by atoms with Gasteiger partial charge in [-0.2, -0.15) is 0 Å². The predicted octanol–water partition coefficient (Wildman–Crippen LogP) is 3.49. The Morgan fingerprint density at radius 3 is 2.11 bits per heavy atom. The van der Waals surface area contributed by atoms with Gasteiger partial charge in [0.05, 0.1) is 29.7 Å². The van der Waals surface area contributed by atoms with E-state index in [1.165, 1.54) is 63.7 Å². The first-order valence-corrected chi connectivity index (χ1v) is 14.1. The van der Waals surface area contributed by atoms with E-state index in [1.807, 2.05) is 0 Å². The van der Waals surface area contributed by atoms with Gasteiger partial charge < -0.3 is 14.8 Å². The lowest BCUT2D eigenvalue weighted by Gasteiger charge is -2.22. The van der Waals surface area contributed by atoms with Crippen molar-refractivity contribution in [3.05, 3.63) is 71.8 Å². The molecular formula is C24H26ClN3O7S2. The van der Waals surface area contributed by atoms with Crippen molar-refractivity contribution in [1.29, 1.82) is 0 Å². The fourth-order valence-corrected chi connectivity index (χ4v) is 5.63. The molecule has 0 spiro atoms. The minimum absolute atomic E-state index is 0.0116. The second kappa shape index (κ2) is 11.8. The van der Waals surface area contributed by atoms with Crippen LogP contribution in [0, 0.1) is 0 Å². The maximum atomic E-state index is 13.1. The lowest BCUT2D eigenvalue weighted by molar-refractivity contribution is -0.116. The van der Waals surface area contributed by atoms with Crippen molar-refractivity contribution in [3.8, 4) is 11.5 Å². The van der Waals surface area contributed by atoms with E-state index in [0.29, 0.717) is 16.5 Å². The van der Waals surface area contributed by atoms with E-state index in [4.69, 9.17) is 21.1 Å². The van der Waals surface area contributed by atoms with Crippen LogP contribution in [0.4, 0.5) is 11.4 Å². The Kier molecular flexibility index (Phi) is 9.02. The Labute approximate surface area is 221 Å². The number of nitrogens with one attached hydrogen (secondary N) is 2. The van der Waals surface area contributed by atoms with Gasteiger partial charge in [-0.05, 0) is 66.7 Å². The Balaban J connectivity index is 1.73. The summed E-state index contributed by atoms with van der Waals surface area (Å²) in [6.07, 6.45) is -0.126. The summed E-state index contributed by atoms with van der Waals surface area (Å²) in [7, 11) is -3.96. The minimum Gasteiger partial charge on any atom is -0.497 e. The van der Waals surface area contributed by atoms with E-state index in [1.54, 1.807) is 24.3 Å². The van der Waals surface area contributed by atoms with Gasteiger partial charge in [0, 0.05) is 30.7 Å². The van der Waals surface area contributed by atoms with Crippen LogP contribution in [0.2, 0.25) is 5.02 Å². The number of methoxy groups -OCH3 is 2. The zero-order chi connectivity index (χ0) is 27.2. The zero-order valence-corrected chi connectivity index (χ0v) is 22.7. The van der Waals surface area contributed by atoms with Crippen molar-refractivity contribution in [3.63, 3.8) is 0 Å². The Hall–Kier alpha value is -3.32. The van der Waals surface area contributed by atoms with Gasteiger partial charge in [-0.15, -0.1) is 0 Å². The quantitative estimate of drug-likeness (QED) is 0.362. The zero-order valence-electron chi connectivity index (χ0n) is 20.3. The second-order valence-corrected chi connectivity index (χ2v) is 11.9. The largest absolute Gasteiger partial charge is 0.497 e. The number of nitrogens with zero attached hydrogens (tertiary/aromatic N) is 1. The highest BCUT2D eigenvalue weighted by Crippen LogP contribution is 2.33. The fourth-order valence-electron chi connectivity index (χ4n) is 3.26. The molecule has 3 rings (SSSR count). The van der Waals surface area contributed by atoms with Gasteiger partial charge in [0.1, 0.15) is 11.5 Å². The molecule has 3 aromatic carbocycles. The van der Waals surface area contributed by atoms with Crippen molar-refractivity contribution >= 4 is 48.9 Å². The van der Waals surface area contributed by atoms with Gasteiger partial charge in [0.2, 0.25) is 15.9 Å². The minimum atomic E-state index is -4.08. The maximum absolute atomic E-state index is 13.1.